The first-order chi connectivity index (χ1) is 13.7. The van der Waals surface area contributed by atoms with Crippen LogP contribution in [0.2, 0.25) is 0 Å². The van der Waals surface area contributed by atoms with Gasteiger partial charge in [-0.05, 0) is 42.8 Å². The van der Waals surface area contributed by atoms with Crippen LogP contribution in [0, 0.1) is 0 Å². The van der Waals surface area contributed by atoms with Crippen molar-refractivity contribution >= 4 is 5.91 Å². The smallest absolute Gasteiger partial charge is 0.274 e. The zero-order valence-corrected chi connectivity index (χ0v) is 15.4. The lowest BCUT2D eigenvalue weighted by atomic mass is 10.2. The van der Waals surface area contributed by atoms with Gasteiger partial charge in [0.1, 0.15) is 5.69 Å². The van der Waals surface area contributed by atoms with E-state index in [-0.39, 0.29) is 24.0 Å². The van der Waals surface area contributed by atoms with Crippen molar-refractivity contribution in [1.82, 2.24) is 14.7 Å². The molecule has 1 amide bonds. The number of fused-ring (bicyclic) bond motifs is 1. The second kappa shape index (κ2) is 7.56. The number of carbonyl (C=O) groups excluding carboxylic acids is 1. The van der Waals surface area contributed by atoms with Crippen molar-refractivity contribution < 1.29 is 14.3 Å². The van der Waals surface area contributed by atoms with E-state index in [0.29, 0.717) is 30.3 Å². The predicted molar refractivity (Wildman–Crippen MR) is 103 cm³/mol. The van der Waals surface area contributed by atoms with Gasteiger partial charge in [-0.15, -0.1) is 0 Å². The molecular formula is C21H19N3O4. The lowest BCUT2D eigenvalue weighted by Gasteiger charge is -2.21. The largest absolute Gasteiger partial charge is 0.454 e. The molecule has 0 N–H and O–H groups in total. The second-order valence-corrected chi connectivity index (χ2v) is 6.31. The van der Waals surface area contributed by atoms with Gasteiger partial charge >= 0.3 is 0 Å². The Morgan fingerprint density at radius 3 is 2.64 bits per heavy atom. The normalized spacial score (nSPS) is 12.0. The van der Waals surface area contributed by atoms with Crippen LogP contribution in [-0.4, -0.2) is 33.9 Å². The first-order valence-corrected chi connectivity index (χ1v) is 8.99. The fourth-order valence-corrected chi connectivity index (χ4v) is 3.03. The summed E-state index contributed by atoms with van der Waals surface area (Å²) in [4.78, 5) is 26.9. The van der Waals surface area contributed by atoms with Crippen LogP contribution in [0.4, 0.5) is 0 Å². The molecule has 0 fully saturated rings. The van der Waals surface area contributed by atoms with Crippen molar-refractivity contribution in [3.63, 3.8) is 0 Å². The Morgan fingerprint density at radius 2 is 1.86 bits per heavy atom. The highest BCUT2D eigenvalue weighted by molar-refractivity contribution is 5.92. The average Bonchev–Trinajstić information content (AvgIpc) is 3.20. The Labute approximate surface area is 161 Å². The van der Waals surface area contributed by atoms with Gasteiger partial charge in [0.2, 0.25) is 6.79 Å². The number of aromatic nitrogens is 2. The van der Waals surface area contributed by atoms with Gasteiger partial charge in [-0.3, -0.25) is 9.59 Å². The molecule has 7 heteroatoms. The van der Waals surface area contributed by atoms with Gasteiger partial charge < -0.3 is 14.4 Å². The van der Waals surface area contributed by atoms with Crippen molar-refractivity contribution in [3.8, 4) is 17.2 Å². The molecule has 1 aliphatic rings. The maximum atomic E-state index is 13.0. The molecule has 7 nitrogen and oxygen atoms in total. The molecule has 0 radical (unpaired) electrons. The highest BCUT2D eigenvalue weighted by atomic mass is 16.7. The van der Waals surface area contributed by atoms with E-state index in [0.717, 1.165) is 5.56 Å². The van der Waals surface area contributed by atoms with E-state index in [2.05, 4.69) is 5.10 Å². The van der Waals surface area contributed by atoms with Crippen molar-refractivity contribution in [2.45, 2.75) is 13.5 Å². The van der Waals surface area contributed by atoms with Gasteiger partial charge in [-0.2, -0.15) is 9.78 Å². The van der Waals surface area contributed by atoms with Crippen molar-refractivity contribution in [2.75, 3.05) is 13.3 Å². The lowest BCUT2D eigenvalue weighted by Crippen LogP contribution is -2.33. The maximum absolute atomic E-state index is 13.0. The Balaban J connectivity index is 1.59. The monoisotopic (exact) mass is 377 g/mol. The molecule has 0 unspecified atom stereocenters. The Hall–Kier alpha value is -3.61. The number of ether oxygens (including phenoxy) is 2. The summed E-state index contributed by atoms with van der Waals surface area (Å²) >= 11 is 0. The van der Waals surface area contributed by atoms with E-state index in [9.17, 15) is 9.59 Å². The van der Waals surface area contributed by atoms with Gasteiger partial charge in [-0.1, -0.05) is 24.3 Å². The summed E-state index contributed by atoms with van der Waals surface area (Å²) in [5, 5.41) is 4.28. The van der Waals surface area contributed by atoms with E-state index < -0.39 is 0 Å². The highest BCUT2D eigenvalue weighted by Gasteiger charge is 2.19. The van der Waals surface area contributed by atoms with Crippen LogP contribution < -0.4 is 15.0 Å². The molecule has 3 aromatic rings. The molecule has 0 bridgehead atoms. The molecule has 1 aromatic heterocycles. The van der Waals surface area contributed by atoms with Crippen LogP contribution in [0.5, 0.6) is 11.5 Å². The minimum Gasteiger partial charge on any atom is -0.454 e. The first kappa shape index (κ1) is 17.8. The fourth-order valence-electron chi connectivity index (χ4n) is 3.03. The van der Waals surface area contributed by atoms with Gasteiger partial charge in [0.05, 0.1) is 5.69 Å². The molecule has 0 atom stereocenters. The van der Waals surface area contributed by atoms with Crippen LogP contribution >= 0.6 is 0 Å². The van der Waals surface area contributed by atoms with Crippen LogP contribution in [-0.2, 0) is 6.54 Å². The maximum Gasteiger partial charge on any atom is 0.274 e. The van der Waals surface area contributed by atoms with E-state index >= 15 is 0 Å². The van der Waals surface area contributed by atoms with Crippen molar-refractivity contribution in [1.29, 1.82) is 0 Å². The fraction of sp³-hybridized carbons (Fsp3) is 0.190. The molecule has 0 saturated heterocycles. The van der Waals surface area contributed by atoms with Crippen LogP contribution in [0.1, 0.15) is 23.0 Å². The van der Waals surface area contributed by atoms with E-state index in [1.54, 1.807) is 17.0 Å². The molecular weight excluding hydrogens is 358 g/mol. The summed E-state index contributed by atoms with van der Waals surface area (Å²) in [6.45, 7) is 3.01. The minimum atomic E-state index is -0.290. The number of hydrogen-bond acceptors (Lipinski definition) is 5. The van der Waals surface area contributed by atoms with Crippen LogP contribution in [0.15, 0.2) is 65.5 Å². The van der Waals surface area contributed by atoms with E-state index in [1.165, 1.54) is 16.8 Å². The van der Waals surface area contributed by atoms with Gasteiger partial charge in [0.25, 0.3) is 11.5 Å². The Kier molecular flexibility index (Phi) is 4.80. The number of carbonyl (C=O) groups is 1. The number of nitrogens with zero attached hydrogens (tertiary/aromatic N) is 3. The first-order valence-electron chi connectivity index (χ1n) is 8.99. The standard InChI is InChI=1S/C21H19N3O4/c1-2-23(13-15-8-10-18-19(12-15)28-14-27-18)21(26)17-9-11-20(25)24(22-17)16-6-4-3-5-7-16/h3-12H,2,13-14H2,1H3. The minimum absolute atomic E-state index is 0.208. The summed E-state index contributed by atoms with van der Waals surface area (Å²) in [5.41, 5.74) is 1.46. The summed E-state index contributed by atoms with van der Waals surface area (Å²) in [7, 11) is 0. The second-order valence-electron chi connectivity index (χ2n) is 6.31. The SMILES string of the molecule is CCN(Cc1ccc2c(c1)OCO2)C(=O)c1ccc(=O)n(-c2ccccc2)n1. The highest BCUT2D eigenvalue weighted by Crippen LogP contribution is 2.32. The quantitative estimate of drug-likeness (QED) is 0.683. The van der Waals surface area contributed by atoms with Crippen LogP contribution in [0.3, 0.4) is 0 Å². The molecule has 0 aliphatic carbocycles. The summed E-state index contributed by atoms with van der Waals surface area (Å²) in [6, 6.07) is 17.5. The number of para-hydroxylation sites is 1. The number of hydrogen-bond donors (Lipinski definition) is 0. The number of amides is 1. The Bertz CT molecular complexity index is 1060. The molecule has 4 rings (SSSR count). The number of benzene rings is 2. The van der Waals surface area contributed by atoms with E-state index in [1.807, 2.05) is 43.3 Å². The lowest BCUT2D eigenvalue weighted by molar-refractivity contribution is 0.0744. The van der Waals surface area contributed by atoms with Crippen LogP contribution in [0.25, 0.3) is 5.69 Å². The summed E-state index contributed by atoms with van der Waals surface area (Å²) in [5.74, 6) is 1.14. The molecule has 0 saturated carbocycles. The predicted octanol–water partition coefficient (Wildman–Crippen LogP) is 2.62. The van der Waals surface area contributed by atoms with Crippen molar-refractivity contribution in [3.05, 3.63) is 82.3 Å². The Morgan fingerprint density at radius 1 is 1.07 bits per heavy atom. The van der Waals surface area contributed by atoms with Gasteiger partial charge in [-0.25, -0.2) is 0 Å². The van der Waals surface area contributed by atoms with Crippen molar-refractivity contribution in [2.24, 2.45) is 0 Å². The third-order valence-electron chi connectivity index (χ3n) is 4.50. The third kappa shape index (κ3) is 3.46. The average molecular weight is 377 g/mol. The molecule has 2 aromatic carbocycles. The zero-order chi connectivity index (χ0) is 19.5. The molecule has 2 heterocycles. The number of rotatable bonds is 5. The molecule has 142 valence electrons. The third-order valence-corrected chi connectivity index (χ3v) is 4.50. The van der Waals surface area contributed by atoms with Gasteiger partial charge in [0, 0.05) is 19.2 Å². The molecule has 0 spiro atoms. The topological polar surface area (TPSA) is 73.7 Å². The van der Waals surface area contributed by atoms with Gasteiger partial charge in [0.15, 0.2) is 11.5 Å². The summed E-state index contributed by atoms with van der Waals surface area (Å²) < 4.78 is 12.0. The summed E-state index contributed by atoms with van der Waals surface area (Å²) in [6.07, 6.45) is 0. The molecule has 28 heavy (non-hydrogen) atoms. The van der Waals surface area contributed by atoms with E-state index in [4.69, 9.17) is 9.47 Å². The zero-order valence-electron chi connectivity index (χ0n) is 15.4. The molecule has 1 aliphatic heterocycles.